The van der Waals surface area contributed by atoms with Crippen molar-refractivity contribution in [3.05, 3.63) is 84.7 Å². The summed E-state index contributed by atoms with van der Waals surface area (Å²) in [4.78, 5) is 25.7. The molecule has 1 aliphatic rings. The summed E-state index contributed by atoms with van der Waals surface area (Å²) >= 11 is 0. The lowest BCUT2D eigenvalue weighted by Gasteiger charge is -2.11. The van der Waals surface area contributed by atoms with Crippen LogP contribution in [0.15, 0.2) is 73.3 Å². The zero-order chi connectivity index (χ0) is 20.2. The number of carbonyl (C=O) groups is 1. The lowest BCUT2D eigenvalue weighted by molar-refractivity contribution is -0.111. The number of hydrogen-bond donors (Lipinski definition) is 1. The third-order valence-corrected chi connectivity index (χ3v) is 5.40. The van der Waals surface area contributed by atoms with Crippen LogP contribution >= 0.6 is 0 Å². The van der Waals surface area contributed by atoms with Gasteiger partial charge in [-0.1, -0.05) is 18.2 Å². The van der Waals surface area contributed by atoms with Crippen LogP contribution in [-0.4, -0.2) is 30.0 Å². The Morgan fingerprint density at radius 1 is 1.00 bits per heavy atom. The summed E-state index contributed by atoms with van der Waals surface area (Å²) in [6, 6.07) is 15.8. The van der Waals surface area contributed by atoms with Gasteiger partial charge in [0.2, 0.25) is 0 Å². The van der Waals surface area contributed by atoms with Crippen molar-refractivity contribution in [2.45, 2.75) is 6.92 Å². The molecule has 0 aliphatic carbocycles. The van der Waals surface area contributed by atoms with Crippen LogP contribution in [0.1, 0.15) is 11.4 Å². The van der Waals surface area contributed by atoms with Crippen LogP contribution in [0, 0.1) is 6.92 Å². The Balaban J connectivity index is 1.49. The molecule has 0 bridgehead atoms. The van der Waals surface area contributed by atoms with Crippen molar-refractivity contribution in [2.75, 3.05) is 5.32 Å². The molecule has 1 amide bonds. The maximum absolute atomic E-state index is 12.5. The molecule has 5 aromatic rings. The fraction of sp³-hybridized carbons (Fsp3) is 0.0435. The number of aromatic nitrogens is 5. The van der Waals surface area contributed by atoms with E-state index < -0.39 is 0 Å². The van der Waals surface area contributed by atoms with Crippen molar-refractivity contribution in [1.29, 1.82) is 0 Å². The number of hydrogen-bond acceptors (Lipinski definition) is 4. The molecule has 0 saturated heterocycles. The van der Waals surface area contributed by atoms with Crippen LogP contribution in [0.25, 0.3) is 33.5 Å². The highest BCUT2D eigenvalue weighted by Gasteiger charge is 2.19. The fourth-order valence-corrected chi connectivity index (χ4v) is 4.09. The Hall–Kier alpha value is -4.26. The van der Waals surface area contributed by atoms with Crippen molar-refractivity contribution in [2.24, 2.45) is 0 Å². The minimum absolute atomic E-state index is 0.158. The second-order valence-electron chi connectivity index (χ2n) is 7.21. The van der Waals surface area contributed by atoms with Crippen LogP contribution in [0.2, 0.25) is 0 Å². The van der Waals surface area contributed by atoms with Gasteiger partial charge in [-0.3, -0.25) is 18.9 Å². The van der Waals surface area contributed by atoms with Gasteiger partial charge < -0.3 is 5.32 Å². The zero-order valence-electron chi connectivity index (χ0n) is 16.1. The molecule has 0 atom stereocenters. The lowest BCUT2D eigenvalue weighted by Crippen LogP contribution is -2.07. The minimum Gasteiger partial charge on any atom is -0.321 e. The highest BCUT2D eigenvalue weighted by Crippen LogP contribution is 2.31. The number of benzene rings is 2. The van der Waals surface area contributed by atoms with Gasteiger partial charge in [-0.05, 0) is 42.8 Å². The first-order valence-corrected chi connectivity index (χ1v) is 9.58. The Kier molecular flexibility index (Phi) is 3.40. The SMILES string of the molecule is Cc1nc2cnccc2n1-c1ccc(C2=CC(=O)Nc3cccc4ncn2c34)cc1. The van der Waals surface area contributed by atoms with E-state index in [2.05, 4.69) is 24.8 Å². The predicted molar refractivity (Wildman–Crippen MR) is 115 cm³/mol. The number of carbonyl (C=O) groups excluding carboxylic acids is 1. The Labute approximate surface area is 171 Å². The van der Waals surface area contributed by atoms with E-state index in [1.165, 1.54) is 0 Å². The number of pyridine rings is 1. The van der Waals surface area contributed by atoms with Crippen LogP contribution in [0.5, 0.6) is 0 Å². The second-order valence-corrected chi connectivity index (χ2v) is 7.21. The molecular weight excluding hydrogens is 376 g/mol. The molecule has 7 heteroatoms. The van der Waals surface area contributed by atoms with Gasteiger partial charge in [0.25, 0.3) is 5.91 Å². The number of imidazole rings is 2. The number of aryl methyl sites for hydroxylation is 1. The number of amides is 1. The van der Waals surface area contributed by atoms with Crippen molar-refractivity contribution >= 4 is 39.4 Å². The molecule has 1 aliphatic heterocycles. The van der Waals surface area contributed by atoms with E-state index >= 15 is 0 Å². The molecule has 0 fully saturated rings. The zero-order valence-corrected chi connectivity index (χ0v) is 16.1. The Bertz CT molecular complexity index is 1490. The molecule has 0 radical (unpaired) electrons. The van der Waals surface area contributed by atoms with Gasteiger partial charge in [0.05, 0.1) is 34.1 Å². The third-order valence-electron chi connectivity index (χ3n) is 5.40. The molecule has 0 unspecified atom stereocenters. The minimum atomic E-state index is -0.158. The summed E-state index contributed by atoms with van der Waals surface area (Å²) in [5, 5.41) is 2.94. The number of para-hydroxylation sites is 1. The topological polar surface area (TPSA) is 77.6 Å². The molecule has 3 aromatic heterocycles. The quantitative estimate of drug-likeness (QED) is 0.494. The molecule has 4 heterocycles. The van der Waals surface area contributed by atoms with E-state index in [1.807, 2.05) is 60.0 Å². The largest absolute Gasteiger partial charge is 0.321 e. The van der Waals surface area contributed by atoms with Crippen LogP contribution in [0.4, 0.5) is 5.69 Å². The van der Waals surface area contributed by atoms with Gasteiger partial charge in [-0.25, -0.2) is 9.97 Å². The van der Waals surface area contributed by atoms with Gasteiger partial charge in [-0.15, -0.1) is 0 Å². The van der Waals surface area contributed by atoms with Crippen LogP contribution in [-0.2, 0) is 4.79 Å². The molecule has 144 valence electrons. The first kappa shape index (κ1) is 16.7. The average molecular weight is 392 g/mol. The van der Waals surface area contributed by atoms with Gasteiger partial charge in [0.1, 0.15) is 17.7 Å². The average Bonchev–Trinajstić information content (AvgIpc) is 3.29. The second kappa shape index (κ2) is 6.12. The van der Waals surface area contributed by atoms with Crippen molar-refractivity contribution in [3.8, 4) is 5.69 Å². The van der Waals surface area contributed by atoms with E-state index in [0.717, 1.165) is 50.5 Å². The summed E-state index contributed by atoms with van der Waals surface area (Å²) in [5.74, 6) is 0.735. The molecule has 30 heavy (non-hydrogen) atoms. The summed E-state index contributed by atoms with van der Waals surface area (Å²) in [6.07, 6.45) is 6.91. The number of nitrogens with one attached hydrogen (secondary N) is 1. The first-order valence-electron chi connectivity index (χ1n) is 9.58. The van der Waals surface area contributed by atoms with Gasteiger partial charge in [0.15, 0.2) is 0 Å². The van der Waals surface area contributed by atoms with Crippen LogP contribution in [0.3, 0.4) is 0 Å². The van der Waals surface area contributed by atoms with Gasteiger partial charge >= 0.3 is 0 Å². The number of rotatable bonds is 2. The maximum atomic E-state index is 12.5. The summed E-state index contributed by atoms with van der Waals surface area (Å²) < 4.78 is 4.06. The number of fused-ring (bicyclic) bond motifs is 1. The van der Waals surface area contributed by atoms with E-state index in [-0.39, 0.29) is 5.91 Å². The summed E-state index contributed by atoms with van der Waals surface area (Å²) in [5.41, 5.74) is 7.06. The third kappa shape index (κ3) is 2.39. The lowest BCUT2D eigenvalue weighted by atomic mass is 10.1. The monoisotopic (exact) mass is 392 g/mol. The van der Waals surface area contributed by atoms with Gasteiger partial charge in [-0.2, -0.15) is 0 Å². The van der Waals surface area contributed by atoms with E-state index in [4.69, 9.17) is 0 Å². The molecule has 7 nitrogen and oxygen atoms in total. The van der Waals surface area contributed by atoms with Gasteiger partial charge in [0, 0.05) is 18.0 Å². The Morgan fingerprint density at radius 2 is 1.87 bits per heavy atom. The molecular formula is C23H16N6O. The summed E-state index contributed by atoms with van der Waals surface area (Å²) in [7, 11) is 0. The molecule has 6 rings (SSSR count). The maximum Gasteiger partial charge on any atom is 0.250 e. The number of anilines is 1. The van der Waals surface area contributed by atoms with Crippen molar-refractivity contribution in [1.82, 2.24) is 24.1 Å². The normalized spacial score (nSPS) is 13.4. The molecule has 0 spiro atoms. The summed E-state index contributed by atoms with van der Waals surface area (Å²) in [6.45, 7) is 1.98. The first-order chi connectivity index (χ1) is 14.7. The molecule has 1 N–H and O–H groups in total. The smallest absolute Gasteiger partial charge is 0.250 e. The van der Waals surface area contributed by atoms with Crippen molar-refractivity contribution < 1.29 is 4.79 Å². The Morgan fingerprint density at radius 3 is 2.73 bits per heavy atom. The van der Waals surface area contributed by atoms with E-state index in [9.17, 15) is 4.79 Å². The number of nitrogens with zero attached hydrogens (tertiary/aromatic N) is 5. The van der Waals surface area contributed by atoms with E-state index in [0.29, 0.717) is 0 Å². The van der Waals surface area contributed by atoms with E-state index in [1.54, 1.807) is 24.8 Å². The fourth-order valence-electron chi connectivity index (χ4n) is 4.09. The highest BCUT2D eigenvalue weighted by molar-refractivity contribution is 6.11. The molecule has 0 saturated carbocycles. The standard InChI is InChI=1S/C23H16N6O/c1-14-26-19-12-24-10-9-20(19)29(14)16-7-5-15(6-8-16)21-11-22(30)27-18-4-2-3-17-23(18)28(21)13-25-17/h2-13H,1H3,(H,27,30). The molecule has 2 aromatic carbocycles. The highest BCUT2D eigenvalue weighted by atomic mass is 16.1. The predicted octanol–water partition coefficient (Wildman–Crippen LogP) is 3.92. The van der Waals surface area contributed by atoms with Crippen LogP contribution < -0.4 is 5.32 Å². The van der Waals surface area contributed by atoms with Crippen molar-refractivity contribution in [3.63, 3.8) is 0 Å².